The molecule has 0 amide bonds. The van der Waals surface area contributed by atoms with Crippen molar-refractivity contribution >= 4 is 24.1 Å². The van der Waals surface area contributed by atoms with Gasteiger partial charge < -0.3 is 13.9 Å². The molecule has 0 fully saturated rings. The van der Waals surface area contributed by atoms with Crippen LogP contribution >= 0.6 is 0 Å². The molecule has 0 atom stereocenters. The number of carbonyl (C=O) groups is 2. The molecule has 1 heterocycles. The second-order valence-corrected chi connectivity index (χ2v) is 6.71. The number of carbonyl (C=O) groups excluding carboxylic acids is 2. The van der Waals surface area contributed by atoms with Crippen molar-refractivity contribution in [2.24, 2.45) is 0 Å². The molecule has 0 bridgehead atoms. The van der Waals surface area contributed by atoms with E-state index in [1.165, 1.54) is 0 Å². The van der Waals surface area contributed by atoms with E-state index in [-0.39, 0.29) is 0 Å². The molecule has 0 aliphatic carbocycles. The van der Waals surface area contributed by atoms with Gasteiger partial charge in [-0.3, -0.25) is 0 Å². The number of aromatic nitrogens is 2. The van der Waals surface area contributed by atoms with Gasteiger partial charge in [-0.25, -0.2) is 9.59 Å². The topological polar surface area (TPSA) is 91.5 Å². The Labute approximate surface area is 179 Å². The van der Waals surface area contributed by atoms with Gasteiger partial charge in [0.05, 0.1) is 0 Å². The summed E-state index contributed by atoms with van der Waals surface area (Å²) in [4.78, 5) is 23.1. The fourth-order valence-corrected chi connectivity index (χ4v) is 2.29. The Morgan fingerprint density at radius 1 is 0.806 bits per heavy atom. The molecule has 0 saturated heterocycles. The first-order valence-corrected chi connectivity index (χ1v) is 9.29. The summed E-state index contributed by atoms with van der Waals surface area (Å²) in [5, 5.41) is 8.02. The van der Waals surface area contributed by atoms with Crippen LogP contribution in [0.4, 0.5) is 0 Å². The van der Waals surface area contributed by atoms with E-state index in [9.17, 15) is 9.59 Å². The van der Waals surface area contributed by atoms with E-state index in [2.05, 4.69) is 23.4 Å². The first-order chi connectivity index (χ1) is 14.8. The molecule has 3 aromatic rings. The molecule has 156 valence electrons. The highest BCUT2D eigenvalue weighted by Gasteiger charge is 2.09. The SMILES string of the molecule is C=C(C)C(=O)Oc1ccc(/C=C/c2nnc(-c3ccc(OC(=O)C(=C)C)cc3)o2)cc1. The second kappa shape index (κ2) is 9.49. The van der Waals surface area contributed by atoms with Crippen molar-refractivity contribution in [3.8, 4) is 23.0 Å². The normalized spacial score (nSPS) is 10.6. The van der Waals surface area contributed by atoms with Crippen LogP contribution in [0, 0.1) is 0 Å². The van der Waals surface area contributed by atoms with Gasteiger partial charge in [0.1, 0.15) is 11.5 Å². The molecule has 2 aromatic carbocycles. The zero-order valence-corrected chi connectivity index (χ0v) is 17.1. The van der Waals surface area contributed by atoms with Crippen molar-refractivity contribution < 1.29 is 23.5 Å². The molecule has 31 heavy (non-hydrogen) atoms. The molecule has 0 N–H and O–H groups in total. The number of nitrogens with zero attached hydrogens (tertiary/aromatic N) is 2. The first kappa shape index (κ1) is 21.4. The van der Waals surface area contributed by atoms with E-state index in [1.807, 2.05) is 0 Å². The van der Waals surface area contributed by atoms with Crippen molar-refractivity contribution in [2.75, 3.05) is 0 Å². The Hall–Kier alpha value is -4.26. The Kier molecular flexibility index (Phi) is 6.57. The Balaban J connectivity index is 1.63. The molecule has 0 aliphatic heterocycles. The molecule has 0 aliphatic rings. The summed E-state index contributed by atoms with van der Waals surface area (Å²) in [5.41, 5.74) is 2.20. The summed E-state index contributed by atoms with van der Waals surface area (Å²) in [6.07, 6.45) is 3.47. The van der Waals surface area contributed by atoms with Crippen LogP contribution in [0.2, 0.25) is 0 Å². The van der Waals surface area contributed by atoms with Gasteiger partial charge in [-0.2, -0.15) is 0 Å². The second-order valence-electron chi connectivity index (χ2n) is 6.71. The lowest BCUT2D eigenvalue weighted by atomic mass is 10.2. The summed E-state index contributed by atoms with van der Waals surface area (Å²) in [6, 6.07) is 13.7. The van der Waals surface area contributed by atoms with Gasteiger partial charge in [0.2, 0.25) is 11.8 Å². The van der Waals surface area contributed by atoms with E-state index < -0.39 is 11.9 Å². The van der Waals surface area contributed by atoms with Gasteiger partial charge in [0.15, 0.2) is 0 Å². The number of hydrogen-bond acceptors (Lipinski definition) is 7. The minimum Gasteiger partial charge on any atom is -0.423 e. The molecule has 1 aromatic heterocycles. The third-order valence-electron chi connectivity index (χ3n) is 3.96. The highest BCUT2D eigenvalue weighted by atomic mass is 16.5. The average Bonchev–Trinajstić information content (AvgIpc) is 3.22. The van der Waals surface area contributed by atoms with Gasteiger partial charge >= 0.3 is 11.9 Å². The molecule has 0 radical (unpaired) electrons. The predicted molar refractivity (Wildman–Crippen MR) is 116 cm³/mol. The van der Waals surface area contributed by atoms with Gasteiger partial charge in [0, 0.05) is 22.8 Å². The summed E-state index contributed by atoms with van der Waals surface area (Å²) >= 11 is 0. The predicted octanol–water partition coefficient (Wildman–Crippen LogP) is 4.87. The molecule has 0 saturated carbocycles. The summed E-state index contributed by atoms with van der Waals surface area (Å²) in [7, 11) is 0. The number of benzene rings is 2. The molecule has 7 nitrogen and oxygen atoms in total. The third kappa shape index (κ3) is 5.86. The smallest absolute Gasteiger partial charge is 0.338 e. The summed E-state index contributed by atoms with van der Waals surface area (Å²) < 4.78 is 15.9. The Morgan fingerprint density at radius 3 is 1.84 bits per heavy atom. The highest BCUT2D eigenvalue weighted by Crippen LogP contribution is 2.22. The van der Waals surface area contributed by atoms with Crippen LogP contribution in [0.15, 0.2) is 77.3 Å². The lowest BCUT2D eigenvalue weighted by Gasteiger charge is -2.03. The maximum Gasteiger partial charge on any atom is 0.338 e. The van der Waals surface area contributed by atoms with Crippen molar-refractivity contribution in [3.05, 3.63) is 84.3 Å². The Morgan fingerprint density at radius 2 is 1.32 bits per heavy atom. The van der Waals surface area contributed by atoms with E-state index in [1.54, 1.807) is 74.5 Å². The van der Waals surface area contributed by atoms with Gasteiger partial charge in [-0.15, -0.1) is 10.2 Å². The maximum atomic E-state index is 11.6. The van der Waals surface area contributed by atoms with Crippen LogP contribution in [-0.2, 0) is 9.59 Å². The summed E-state index contributed by atoms with van der Waals surface area (Å²) in [6.45, 7) is 10.3. The number of rotatable bonds is 7. The fraction of sp³-hybridized carbons (Fsp3) is 0.0833. The molecular formula is C24H20N2O5. The monoisotopic (exact) mass is 416 g/mol. The van der Waals surface area contributed by atoms with Crippen molar-refractivity contribution in [3.63, 3.8) is 0 Å². The van der Waals surface area contributed by atoms with Crippen molar-refractivity contribution in [2.45, 2.75) is 13.8 Å². The molecule has 3 rings (SSSR count). The zero-order chi connectivity index (χ0) is 22.4. The minimum absolute atomic E-state index is 0.319. The van der Waals surface area contributed by atoms with E-state index >= 15 is 0 Å². The maximum absolute atomic E-state index is 11.6. The average molecular weight is 416 g/mol. The lowest BCUT2D eigenvalue weighted by Crippen LogP contribution is -2.07. The standard InChI is InChI=1S/C24H20N2O5/c1-15(2)23(27)29-19-10-5-17(6-11-19)7-14-21-25-26-22(31-21)18-8-12-20(13-9-18)30-24(28)16(3)4/h5-14H,1,3H2,2,4H3/b14-7+. The van der Waals surface area contributed by atoms with Crippen LogP contribution in [0.3, 0.4) is 0 Å². The fourth-order valence-electron chi connectivity index (χ4n) is 2.29. The number of hydrogen-bond donors (Lipinski definition) is 0. The van der Waals surface area contributed by atoms with Crippen molar-refractivity contribution in [1.29, 1.82) is 0 Å². The van der Waals surface area contributed by atoms with Gasteiger partial charge in [-0.05, 0) is 61.9 Å². The van der Waals surface area contributed by atoms with Crippen LogP contribution in [-0.4, -0.2) is 22.1 Å². The van der Waals surface area contributed by atoms with Gasteiger partial charge in [0.25, 0.3) is 0 Å². The third-order valence-corrected chi connectivity index (χ3v) is 3.96. The van der Waals surface area contributed by atoms with Crippen molar-refractivity contribution in [1.82, 2.24) is 10.2 Å². The lowest BCUT2D eigenvalue weighted by molar-refractivity contribution is -0.130. The highest BCUT2D eigenvalue weighted by molar-refractivity contribution is 5.89. The van der Waals surface area contributed by atoms with E-state index in [4.69, 9.17) is 13.9 Å². The molecule has 7 heteroatoms. The number of esters is 2. The van der Waals surface area contributed by atoms with Crippen LogP contribution in [0.25, 0.3) is 23.6 Å². The molecular weight excluding hydrogens is 396 g/mol. The van der Waals surface area contributed by atoms with Crippen LogP contribution < -0.4 is 9.47 Å². The first-order valence-electron chi connectivity index (χ1n) is 9.29. The minimum atomic E-state index is -0.486. The zero-order valence-electron chi connectivity index (χ0n) is 17.1. The number of ether oxygens (including phenoxy) is 2. The van der Waals surface area contributed by atoms with Gasteiger partial charge in [-0.1, -0.05) is 25.3 Å². The van der Waals surface area contributed by atoms with E-state index in [0.717, 1.165) is 5.56 Å². The quantitative estimate of drug-likeness (QED) is 0.308. The van der Waals surface area contributed by atoms with Crippen LogP contribution in [0.1, 0.15) is 25.3 Å². The summed E-state index contributed by atoms with van der Waals surface area (Å²) in [5.74, 6) is 0.532. The molecule has 0 unspecified atom stereocenters. The molecule has 0 spiro atoms. The van der Waals surface area contributed by atoms with Crippen LogP contribution in [0.5, 0.6) is 11.5 Å². The van der Waals surface area contributed by atoms with E-state index in [0.29, 0.717) is 40.0 Å². The Bertz CT molecular complexity index is 1160. The largest absolute Gasteiger partial charge is 0.423 e.